The number of hydrogen-bond donors (Lipinski definition) is 0. The lowest BCUT2D eigenvalue weighted by molar-refractivity contribution is -0.308. The molecule has 0 aromatic heterocycles. The van der Waals surface area contributed by atoms with Crippen LogP contribution >= 0.6 is 0 Å². The van der Waals surface area contributed by atoms with Gasteiger partial charge in [0.25, 0.3) is 0 Å². The van der Waals surface area contributed by atoms with Gasteiger partial charge in [0, 0.05) is 0 Å². The maximum Gasteiger partial charge on any atom is 0.411 e. The average Bonchev–Trinajstić information content (AvgIpc) is 2.53. The highest BCUT2D eigenvalue weighted by Crippen LogP contribution is 2.60. The molecule has 0 fully saturated rings. The van der Waals surface area contributed by atoms with E-state index in [1.807, 2.05) is 0 Å². The Morgan fingerprint density at radius 2 is 1.46 bits per heavy atom. The molecule has 0 aliphatic rings. The first-order chi connectivity index (χ1) is 12.0. The normalized spacial score (nSPS) is 15.5. The molecule has 0 bridgehead atoms. The second-order valence-electron chi connectivity index (χ2n) is 5.43. The molecule has 0 unspecified atom stereocenters. The number of hydrogen-bond acceptors (Lipinski definition) is 0. The quantitative estimate of drug-likeness (QED) is 0.301. The molecule has 0 aromatic carbocycles. The summed E-state index contributed by atoms with van der Waals surface area (Å²) in [5.74, 6) is 0. The van der Waals surface area contributed by atoms with Crippen molar-refractivity contribution < 1.29 is 26.3 Å². The number of allylic oxidation sites excluding steroid dienone is 10. The summed E-state index contributed by atoms with van der Waals surface area (Å²) in [4.78, 5) is 0. The van der Waals surface area contributed by atoms with Gasteiger partial charge in [0.15, 0.2) is 0 Å². The summed E-state index contributed by atoms with van der Waals surface area (Å²) in [6, 6.07) is 0. The van der Waals surface area contributed by atoms with Crippen molar-refractivity contribution in [2.75, 3.05) is 0 Å². The minimum absolute atomic E-state index is 0.280. The Kier molecular flexibility index (Phi) is 8.91. The lowest BCUT2D eigenvalue weighted by Gasteiger charge is -2.39. The molecule has 0 amide bonds. The summed E-state index contributed by atoms with van der Waals surface area (Å²) in [5.41, 5.74) is -5.78. The van der Waals surface area contributed by atoms with Gasteiger partial charge in [0.2, 0.25) is 5.41 Å². The van der Waals surface area contributed by atoms with Crippen molar-refractivity contribution in [1.82, 2.24) is 0 Å². The third-order valence-corrected chi connectivity index (χ3v) is 3.89. The van der Waals surface area contributed by atoms with E-state index in [9.17, 15) is 26.3 Å². The van der Waals surface area contributed by atoms with Gasteiger partial charge in [-0.3, -0.25) is 0 Å². The van der Waals surface area contributed by atoms with Crippen molar-refractivity contribution in [3.05, 3.63) is 72.4 Å². The topological polar surface area (TPSA) is 0 Å². The highest BCUT2D eigenvalue weighted by molar-refractivity contribution is 5.48. The molecule has 0 aromatic rings. The maximum absolute atomic E-state index is 14.0. The van der Waals surface area contributed by atoms with E-state index in [0.29, 0.717) is 11.6 Å². The Morgan fingerprint density at radius 1 is 0.923 bits per heavy atom. The van der Waals surface area contributed by atoms with Crippen LogP contribution in [0.4, 0.5) is 26.3 Å². The van der Waals surface area contributed by atoms with Gasteiger partial charge in [-0.25, -0.2) is 0 Å². The zero-order valence-corrected chi connectivity index (χ0v) is 15.1. The van der Waals surface area contributed by atoms with E-state index < -0.39 is 28.9 Å². The van der Waals surface area contributed by atoms with Crippen LogP contribution in [0.15, 0.2) is 72.4 Å². The highest BCUT2D eigenvalue weighted by Gasteiger charge is 2.73. The molecule has 0 aliphatic carbocycles. The molecule has 0 nitrogen and oxygen atoms in total. The Morgan fingerprint density at radius 3 is 1.77 bits per heavy atom. The Hall–Kier alpha value is -1.98. The van der Waals surface area contributed by atoms with Crippen LogP contribution in [-0.2, 0) is 0 Å². The van der Waals surface area contributed by atoms with Gasteiger partial charge in [0.05, 0.1) is 0 Å². The lowest BCUT2D eigenvalue weighted by Crippen LogP contribution is -2.52. The molecule has 0 heterocycles. The van der Waals surface area contributed by atoms with Crippen molar-refractivity contribution in [1.29, 1.82) is 0 Å². The van der Waals surface area contributed by atoms with Gasteiger partial charge in [-0.2, -0.15) is 26.3 Å². The average molecular weight is 378 g/mol. The van der Waals surface area contributed by atoms with Crippen LogP contribution in [0.1, 0.15) is 33.6 Å². The molecular formula is C20H24F6. The number of halogens is 6. The molecule has 0 N–H and O–H groups in total. The number of rotatable bonds is 8. The monoisotopic (exact) mass is 378 g/mol. The van der Waals surface area contributed by atoms with Gasteiger partial charge >= 0.3 is 12.4 Å². The first-order valence-electron chi connectivity index (χ1n) is 8.10. The van der Waals surface area contributed by atoms with E-state index in [1.165, 1.54) is 12.2 Å². The van der Waals surface area contributed by atoms with Crippen LogP contribution in [0.2, 0.25) is 0 Å². The fraction of sp³-hybridized carbons (Fsp3) is 0.400. The summed E-state index contributed by atoms with van der Waals surface area (Å²) < 4.78 is 84.2. The zero-order valence-electron chi connectivity index (χ0n) is 15.1. The summed E-state index contributed by atoms with van der Waals surface area (Å²) in [7, 11) is 0. The zero-order chi connectivity index (χ0) is 20.6. The Labute approximate surface area is 151 Å². The minimum atomic E-state index is -5.63. The first kappa shape index (κ1) is 24.0. The van der Waals surface area contributed by atoms with Gasteiger partial charge in [-0.1, -0.05) is 75.1 Å². The van der Waals surface area contributed by atoms with Crippen LogP contribution in [0.25, 0.3) is 0 Å². The molecule has 0 radical (unpaired) electrons. The summed E-state index contributed by atoms with van der Waals surface area (Å²) >= 11 is 0. The predicted octanol–water partition coefficient (Wildman–Crippen LogP) is 7.64. The maximum atomic E-state index is 14.0. The molecule has 0 spiro atoms. The van der Waals surface area contributed by atoms with Crippen LogP contribution < -0.4 is 0 Å². The van der Waals surface area contributed by atoms with Crippen LogP contribution in [-0.4, -0.2) is 12.4 Å². The molecular weight excluding hydrogens is 354 g/mol. The molecule has 6 heteroatoms. The van der Waals surface area contributed by atoms with E-state index in [4.69, 9.17) is 0 Å². The summed E-state index contributed by atoms with van der Waals surface area (Å²) in [6.07, 6.45) is -3.95. The van der Waals surface area contributed by atoms with Gasteiger partial charge in [-0.05, 0) is 30.9 Å². The fourth-order valence-electron chi connectivity index (χ4n) is 2.57. The minimum Gasteiger partial charge on any atom is -0.169 e. The third kappa shape index (κ3) is 4.80. The van der Waals surface area contributed by atoms with Crippen molar-refractivity contribution in [2.45, 2.75) is 46.0 Å². The predicted molar refractivity (Wildman–Crippen MR) is 94.6 cm³/mol. The van der Waals surface area contributed by atoms with E-state index in [-0.39, 0.29) is 12.8 Å². The molecule has 146 valence electrons. The molecule has 0 saturated heterocycles. The van der Waals surface area contributed by atoms with Crippen molar-refractivity contribution in [2.24, 2.45) is 5.41 Å². The van der Waals surface area contributed by atoms with Gasteiger partial charge in [-0.15, -0.1) is 0 Å². The van der Waals surface area contributed by atoms with E-state index in [1.54, 1.807) is 20.8 Å². The molecule has 0 rings (SSSR count). The number of alkyl halides is 6. The van der Waals surface area contributed by atoms with Crippen molar-refractivity contribution in [3.8, 4) is 0 Å². The third-order valence-electron chi connectivity index (χ3n) is 3.89. The van der Waals surface area contributed by atoms with E-state index in [0.717, 1.165) is 24.3 Å². The largest absolute Gasteiger partial charge is 0.411 e. The van der Waals surface area contributed by atoms with Crippen LogP contribution in [0.3, 0.4) is 0 Å². The molecule has 0 saturated carbocycles. The Bertz CT molecular complexity index is 595. The van der Waals surface area contributed by atoms with Crippen molar-refractivity contribution in [3.63, 3.8) is 0 Å². The van der Waals surface area contributed by atoms with Gasteiger partial charge in [0.1, 0.15) is 0 Å². The second-order valence-corrected chi connectivity index (χ2v) is 5.43. The van der Waals surface area contributed by atoms with Crippen molar-refractivity contribution >= 4 is 0 Å². The Balaban J connectivity index is 7.29. The van der Waals surface area contributed by atoms with E-state index >= 15 is 0 Å². The van der Waals surface area contributed by atoms with Crippen LogP contribution in [0.5, 0.6) is 0 Å². The van der Waals surface area contributed by atoms with Crippen LogP contribution in [0, 0.1) is 5.41 Å². The first-order valence-corrected chi connectivity index (χ1v) is 8.10. The van der Waals surface area contributed by atoms with Gasteiger partial charge < -0.3 is 0 Å². The molecule has 26 heavy (non-hydrogen) atoms. The highest BCUT2D eigenvalue weighted by atomic mass is 19.4. The second kappa shape index (κ2) is 9.64. The lowest BCUT2D eigenvalue weighted by atomic mass is 9.70. The standard InChI is InChI=1S/C20H24F6/c1-6-11-13-17(12-7-2)18(19(21,22)23,20(24,25)26)16(10-5)14-15(8-3)9-4/h7-8,10-14H,2,5-6,9H2,1,3-4H3/b13-11+,15-8-,16-14+,17-12+. The SMILES string of the molecule is C=C/C=C(\C=C\CC)C(/C(C=C)=C/C(=C\C)CC)(C(F)(F)F)C(F)(F)F. The summed E-state index contributed by atoms with van der Waals surface area (Å²) in [5, 5.41) is 0. The summed E-state index contributed by atoms with van der Waals surface area (Å²) in [6.45, 7) is 11.3. The smallest absolute Gasteiger partial charge is 0.169 e. The van der Waals surface area contributed by atoms with E-state index in [2.05, 4.69) is 13.2 Å². The fourth-order valence-corrected chi connectivity index (χ4v) is 2.57. The molecule has 0 atom stereocenters. The molecule has 0 aliphatic heterocycles.